The maximum atomic E-state index is 13.5. The Morgan fingerprint density at radius 2 is 1.47 bits per heavy atom. The highest BCUT2D eigenvalue weighted by molar-refractivity contribution is 5.94. The Kier molecular flexibility index (Phi) is 7.40. The molecule has 4 rings (SSSR count). The van der Waals surface area contributed by atoms with Crippen molar-refractivity contribution in [1.29, 1.82) is 0 Å². The van der Waals surface area contributed by atoms with Crippen LogP contribution in [-0.4, -0.2) is 54.3 Å². The van der Waals surface area contributed by atoms with Crippen LogP contribution < -0.4 is 5.32 Å². The first-order chi connectivity index (χ1) is 16.5. The summed E-state index contributed by atoms with van der Waals surface area (Å²) < 4.78 is 40.1. The number of nitrogens with one attached hydrogen (secondary N) is 1. The Morgan fingerprint density at radius 3 is 2.06 bits per heavy atom. The molecule has 0 bridgehead atoms. The van der Waals surface area contributed by atoms with Gasteiger partial charge >= 0.3 is 0 Å². The van der Waals surface area contributed by atoms with E-state index in [1.54, 1.807) is 0 Å². The number of hydrogen-bond acceptors (Lipinski definition) is 4. The molecule has 0 aliphatic carbocycles. The molecule has 1 N–H and O–H groups in total. The molecule has 0 saturated carbocycles. The van der Waals surface area contributed by atoms with Crippen molar-refractivity contribution in [3.63, 3.8) is 0 Å². The molecule has 1 aliphatic heterocycles. The Hall–Kier alpha value is -3.49. The van der Waals surface area contributed by atoms with Gasteiger partial charge in [-0.3, -0.25) is 15.0 Å². The van der Waals surface area contributed by atoms with Crippen molar-refractivity contribution in [2.24, 2.45) is 0 Å². The number of amides is 1. The molecule has 1 unspecified atom stereocenters. The maximum Gasteiger partial charge on any atom is 0.254 e. The lowest BCUT2D eigenvalue weighted by Gasteiger charge is -2.37. The second-order valence-electron chi connectivity index (χ2n) is 8.11. The molecule has 8 heteroatoms. The van der Waals surface area contributed by atoms with Gasteiger partial charge in [0.15, 0.2) is 23.7 Å². The average Bonchev–Trinajstić information content (AvgIpc) is 2.88. The molecular formula is C26H24F3N3O2. The molecule has 3 aromatic rings. The number of benzene rings is 3. The van der Waals surface area contributed by atoms with Crippen LogP contribution in [0.4, 0.5) is 13.2 Å². The van der Waals surface area contributed by atoms with Gasteiger partial charge in [0.1, 0.15) is 6.17 Å². The van der Waals surface area contributed by atoms with Crippen LogP contribution in [0.3, 0.4) is 0 Å². The second-order valence-corrected chi connectivity index (χ2v) is 8.11. The van der Waals surface area contributed by atoms with Crippen LogP contribution >= 0.6 is 0 Å². The van der Waals surface area contributed by atoms with Crippen LogP contribution in [0.2, 0.25) is 0 Å². The van der Waals surface area contributed by atoms with E-state index in [9.17, 15) is 22.8 Å². The molecule has 0 aromatic heterocycles. The van der Waals surface area contributed by atoms with Gasteiger partial charge in [-0.1, -0.05) is 54.6 Å². The van der Waals surface area contributed by atoms with E-state index in [0.29, 0.717) is 31.8 Å². The molecule has 176 valence electrons. The fraction of sp³-hybridized carbons (Fsp3) is 0.231. The monoisotopic (exact) mass is 467 g/mol. The largest absolute Gasteiger partial charge is 0.336 e. The highest BCUT2D eigenvalue weighted by atomic mass is 19.2. The van der Waals surface area contributed by atoms with Gasteiger partial charge in [-0.05, 0) is 28.8 Å². The zero-order chi connectivity index (χ0) is 24.1. The normalized spacial score (nSPS) is 15.2. The zero-order valence-corrected chi connectivity index (χ0v) is 18.4. The van der Waals surface area contributed by atoms with Gasteiger partial charge < -0.3 is 9.69 Å². The number of rotatable bonds is 7. The van der Waals surface area contributed by atoms with Gasteiger partial charge in [0.2, 0.25) is 0 Å². The molecule has 0 spiro atoms. The smallest absolute Gasteiger partial charge is 0.254 e. The summed E-state index contributed by atoms with van der Waals surface area (Å²) in [6, 6.07) is 19.5. The van der Waals surface area contributed by atoms with Crippen LogP contribution in [0.15, 0.2) is 66.7 Å². The molecule has 1 heterocycles. The number of carbonyl (C=O) groups is 2. The summed E-state index contributed by atoms with van der Waals surface area (Å²) >= 11 is 0. The minimum atomic E-state index is -1.60. The zero-order valence-electron chi connectivity index (χ0n) is 18.4. The maximum absolute atomic E-state index is 13.5. The van der Waals surface area contributed by atoms with E-state index in [1.807, 2.05) is 59.5 Å². The first-order valence-electron chi connectivity index (χ1n) is 11.0. The van der Waals surface area contributed by atoms with Crippen molar-refractivity contribution < 1.29 is 22.8 Å². The molecule has 1 amide bonds. The Bertz CT molecular complexity index is 1120. The molecular weight excluding hydrogens is 443 g/mol. The highest BCUT2D eigenvalue weighted by Gasteiger charge is 2.27. The summed E-state index contributed by atoms with van der Waals surface area (Å²) in [7, 11) is 0. The predicted molar refractivity (Wildman–Crippen MR) is 122 cm³/mol. The SMILES string of the molecule is O=CC(NCc1ccc(-c2ccccc2)cc1)N1CCN(C(=O)c2cc(F)c(F)c(F)c2)CC1. The van der Waals surface area contributed by atoms with E-state index >= 15 is 0 Å². The van der Waals surface area contributed by atoms with Crippen molar-refractivity contribution >= 4 is 12.2 Å². The number of halogens is 3. The number of carbonyl (C=O) groups excluding carboxylic acids is 2. The summed E-state index contributed by atoms with van der Waals surface area (Å²) in [6.45, 7) is 1.85. The number of nitrogens with zero attached hydrogens (tertiary/aromatic N) is 2. The van der Waals surface area contributed by atoms with Crippen molar-refractivity contribution in [2.75, 3.05) is 26.2 Å². The van der Waals surface area contributed by atoms with Crippen LogP contribution in [-0.2, 0) is 11.3 Å². The van der Waals surface area contributed by atoms with Crippen LogP contribution in [0.5, 0.6) is 0 Å². The van der Waals surface area contributed by atoms with Crippen molar-refractivity contribution in [1.82, 2.24) is 15.1 Å². The first kappa shape index (κ1) is 23.7. The van der Waals surface area contributed by atoms with Crippen molar-refractivity contribution in [2.45, 2.75) is 12.7 Å². The molecule has 1 aliphatic rings. The van der Waals surface area contributed by atoms with Crippen molar-refractivity contribution in [3.05, 3.63) is 95.3 Å². The van der Waals surface area contributed by atoms with Crippen molar-refractivity contribution in [3.8, 4) is 11.1 Å². The van der Waals surface area contributed by atoms with Gasteiger partial charge in [-0.2, -0.15) is 0 Å². The van der Waals surface area contributed by atoms with Crippen LogP contribution in [0.1, 0.15) is 15.9 Å². The van der Waals surface area contributed by atoms with Gasteiger partial charge in [-0.25, -0.2) is 13.2 Å². The summed E-state index contributed by atoms with van der Waals surface area (Å²) in [4.78, 5) is 27.6. The standard InChI is InChI=1S/C26H24F3N3O2/c27-22-14-21(15-23(28)25(22)29)26(34)32-12-10-31(11-13-32)24(17-33)30-16-18-6-8-20(9-7-18)19-4-2-1-3-5-19/h1-9,14-15,17,24,30H,10-13,16H2. The third kappa shape index (κ3) is 5.35. The second kappa shape index (κ2) is 10.6. The first-order valence-corrected chi connectivity index (χ1v) is 11.0. The Labute approximate surface area is 195 Å². The summed E-state index contributed by atoms with van der Waals surface area (Å²) in [5.41, 5.74) is 3.03. The Balaban J connectivity index is 1.31. The molecule has 3 aromatic carbocycles. The number of aldehydes is 1. The third-order valence-corrected chi connectivity index (χ3v) is 5.93. The molecule has 0 radical (unpaired) electrons. The third-order valence-electron chi connectivity index (χ3n) is 5.93. The lowest BCUT2D eigenvalue weighted by molar-refractivity contribution is -0.114. The lowest BCUT2D eigenvalue weighted by atomic mass is 10.0. The lowest BCUT2D eigenvalue weighted by Crippen LogP contribution is -2.56. The van der Waals surface area contributed by atoms with E-state index in [4.69, 9.17) is 0 Å². The molecule has 1 fully saturated rings. The quantitative estimate of drug-likeness (QED) is 0.424. The molecule has 1 atom stereocenters. The number of piperazine rings is 1. The Morgan fingerprint density at radius 1 is 0.882 bits per heavy atom. The molecule has 34 heavy (non-hydrogen) atoms. The summed E-state index contributed by atoms with van der Waals surface area (Å²) in [6.07, 6.45) is 0.285. The highest BCUT2D eigenvalue weighted by Crippen LogP contribution is 2.20. The average molecular weight is 467 g/mol. The number of hydrogen-bond donors (Lipinski definition) is 1. The summed E-state index contributed by atoms with van der Waals surface area (Å²) in [5.74, 6) is -4.98. The topological polar surface area (TPSA) is 52.7 Å². The van der Waals surface area contributed by atoms with E-state index < -0.39 is 29.5 Å². The van der Waals surface area contributed by atoms with Gasteiger partial charge in [-0.15, -0.1) is 0 Å². The van der Waals surface area contributed by atoms with Gasteiger partial charge in [0.25, 0.3) is 5.91 Å². The minimum absolute atomic E-state index is 0.242. The molecule has 5 nitrogen and oxygen atoms in total. The fourth-order valence-electron chi connectivity index (χ4n) is 4.00. The van der Waals surface area contributed by atoms with Gasteiger partial charge in [0, 0.05) is 38.3 Å². The fourth-order valence-corrected chi connectivity index (χ4v) is 4.00. The predicted octanol–water partition coefficient (Wildman–Crippen LogP) is 3.84. The van der Waals surface area contributed by atoms with E-state index in [-0.39, 0.29) is 18.7 Å². The van der Waals surface area contributed by atoms with E-state index in [2.05, 4.69) is 5.32 Å². The van der Waals surface area contributed by atoms with Gasteiger partial charge in [0.05, 0.1) is 0 Å². The van der Waals surface area contributed by atoms with Crippen LogP contribution in [0.25, 0.3) is 11.1 Å². The van der Waals surface area contributed by atoms with E-state index in [0.717, 1.165) is 23.0 Å². The summed E-state index contributed by atoms with van der Waals surface area (Å²) in [5, 5.41) is 3.23. The van der Waals surface area contributed by atoms with Crippen LogP contribution in [0, 0.1) is 17.5 Å². The molecule has 1 saturated heterocycles. The van der Waals surface area contributed by atoms with E-state index in [1.165, 1.54) is 4.90 Å². The minimum Gasteiger partial charge on any atom is -0.336 e.